The molecule has 1 atom stereocenters. The second-order valence-corrected chi connectivity index (χ2v) is 7.77. The van der Waals surface area contributed by atoms with Crippen molar-refractivity contribution in [1.29, 1.82) is 0 Å². The third-order valence-corrected chi connectivity index (χ3v) is 5.49. The summed E-state index contributed by atoms with van der Waals surface area (Å²) in [5, 5.41) is 5.56. The highest BCUT2D eigenvalue weighted by Gasteiger charge is 2.23. The van der Waals surface area contributed by atoms with Crippen LogP contribution in [0.2, 0.25) is 0 Å². The van der Waals surface area contributed by atoms with Gasteiger partial charge in [0.1, 0.15) is 5.82 Å². The van der Waals surface area contributed by atoms with E-state index in [1.165, 1.54) is 0 Å². The number of aromatic nitrogens is 2. The summed E-state index contributed by atoms with van der Waals surface area (Å²) in [7, 11) is 3.97. The largest absolute Gasteiger partial charge is 0.381 e. The number of hydrogen-bond donors (Lipinski definition) is 1. The minimum atomic E-state index is 0.0759. The zero-order valence-electron chi connectivity index (χ0n) is 17.0. The van der Waals surface area contributed by atoms with Crippen LogP contribution in [0, 0.1) is 0 Å². The van der Waals surface area contributed by atoms with Crippen LogP contribution in [0.4, 0.5) is 11.5 Å². The van der Waals surface area contributed by atoms with Crippen LogP contribution in [0.1, 0.15) is 29.6 Å². The molecule has 0 saturated carbocycles. The lowest BCUT2D eigenvalue weighted by molar-refractivity contribution is 0.0763. The van der Waals surface area contributed by atoms with Crippen molar-refractivity contribution in [3.8, 4) is 0 Å². The number of benzene rings is 1. The smallest absolute Gasteiger partial charge is 0.256 e. The molecule has 0 unspecified atom stereocenters. The summed E-state index contributed by atoms with van der Waals surface area (Å²) in [4.78, 5) is 25.9. The summed E-state index contributed by atoms with van der Waals surface area (Å²) in [6.07, 6.45) is 8.31. The van der Waals surface area contributed by atoms with Gasteiger partial charge in [-0.1, -0.05) is 24.3 Å². The number of fused-ring (bicyclic) bond motifs is 1. The molecule has 4 rings (SSSR count). The van der Waals surface area contributed by atoms with E-state index in [2.05, 4.69) is 21.4 Å². The summed E-state index contributed by atoms with van der Waals surface area (Å²) in [5.74, 6) is 1.02. The van der Waals surface area contributed by atoms with Crippen LogP contribution in [-0.2, 0) is 0 Å². The molecule has 1 aliphatic rings. The Balaban J connectivity index is 1.42. The van der Waals surface area contributed by atoms with Crippen LogP contribution < -0.4 is 10.2 Å². The van der Waals surface area contributed by atoms with Gasteiger partial charge in [-0.05, 0) is 36.8 Å². The fourth-order valence-corrected chi connectivity index (χ4v) is 3.87. The first-order chi connectivity index (χ1) is 14.1. The fraction of sp³-hybridized carbons (Fsp3) is 0.348. The van der Waals surface area contributed by atoms with Crippen LogP contribution in [0.5, 0.6) is 0 Å². The van der Waals surface area contributed by atoms with Crippen molar-refractivity contribution in [1.82, 2.24) is 14.9 Å². The molecule has 6 heteroatoms. The van der Waals surface area contributed by atoms with Crippen molar-refractivity contribution in [2.45, 2.75) is 25.3 Å². The van der Waals surface area contributed by atoms with Gasteiger partial charge in [0.15, 0.2) is 0 Å². The molecule has 0 bridgehead atoms. The zero-order valence-corrected chi connectivity index (χ0v) is 17.0. The maximum atomic E-state index is 13.2. The number of pyridine rings is 2. The Kier molecular flexibility index (Phi) is 5.60. The zero-order chi connectivity index (χ0) is 20.2. The first-order valence-electron chi connectivity index (χ1n) is 10.1. The molecule has 1 amide bonds. The van der Waals surface area contributed by atoms with E-state index in [9.17, 15) is 4.79 Å². The molecule has 6 nitrogen and oxygen atoms in total. The third-order valence-electron chi connectivity index (χ3n) is 5.49. The fourth-order valence-electron chi connectivity index (χ4n) is 3.87. The van der Waals surface area contributed by atoms with Crippen molar-refractivity contribution >= 4 is 28.2 Å². The van der Waals surface area contributed by atoms with Crippen LogP contribution in [0.15, 0.2) is 55.0 Å². The lowest BCUT2D eigenvalue weighted by Gasteiger charge is -2.22. The second-order valence-electron chi connectivity index (χ2n) is 7.77. The number of amides is 1. The molecule has 0 spiro atoms. The standard InChI is InChI=1S/C23H27N5O/c1-27(2)22-10-9-19(15-25-22)26-18-7-5-12-28(13-11-18)23(29)21-16-24-14-17-6-3-4-8-20(17)21/h3-4,6,8-10,14-16,18,26H,5,7,11-13H2,1-2H3/t18-/m1/s1. The molecule has 3 aromatic rings. The van der Waals surface area contributed by atoms with E-state index in [1.54, 1.807) is 6.20 Å². The van der Waals surface area contributed by atoms with Crippen LogP contribution in [0.25, 0.3) is 10.8 Å². The van der Waals surface area contributed by atoms with Gasteiger partial charge in [0.05, 0.1) is 17.4 Å². The average molecular weight is 390 g/mol. The summed E-state index contributed by atoms with van der Waals surface area (Å²) in [5.41, 5.74) is 1.72. The number of hydrogen-bond acceptors (Lipinski definition) is 5. The number of likely N-dealkylation sites (tertiary alicyclic amines) is 1. The van der Waals surface area contributed by atoms with E-state index in [0.717, 1.165) is 54.6 Å². The number of nitrogens with one attached hydrogen (secondary N) is 1. The Bertz CT molecular complexity index is 981. The first kappa shape index (κ1) is 19.2. The Hall–Kier alpha value is -3.15. The molecule has 3 heterocycles. The minimum Gasteiger partial charge on any atom is -0.381 e. The third kappa shape index (κ3) is 4.31. The summed E-state index contributed by atoms with van der Waals surface area (Å²) < 4.78 is 0. The average Bonchev–Trinajstić information content (AvgIpc) is 2.99. The van der Waals surface area contributed by atoms with Crippen molar-refractivity contribution in [2.24, 2.45) is 0 Å². The van der Waals surface area contributed by atoms with E-state index in [4.69, 9.17) is 0 Å². The van der Waals surface area contributed by atoms with Gasteiger partial charge in [-0.25, -0.2) is 4.98 Å². The highest BCUT2D eigenvalue weighted by atomic mass is 16.2. The van der Waals surface area contributed by atoms with E-state index in [-0.39, 0.29) is 5.91 Å². The molecule has 1 N–H and O–H groups in total. The van der Waals surface area contributed by atoms with E-state index in [1.807, 2.05) is 66.6 Å². The predicted molar refractivity (Wildman–Crippen MR) is 117 cm³/mol. The molecular weight excluding hydrogens is 362 g/mol. The van der Waals surface area contributed by atoms with Gasteiger partial charge in [0, 0.05) is 51.0 Å². The van der Waals surface area contributed by atoms with Gasteiger partial charge in [-0.3, -0.25) is 9.78 Å². The molecule has 29 heavy (non-hydrogen) atoms. The van der Waals surface area contributed by atoms with E-state index in [0.29, 0.717) is 11.6 Å². The summed E-state index contributed by atoms with van der Waals surface area (Å²) >= 11 is 0. The van der Waals surface area contributed by atoms with Gasteiger partial charge >= 0.3 is 0 Å². The van der Waals surface area contributed by atoms with Crippen molar-refractivity contribution < 1.29 is 4.79 Å². The SMILES string of the molecule is CN(C)c1ccc(N[C@@H]2CCCN(C(=O)c3cncc4ccccc34)CC2)cn1. The first-order valence-corrected chi connectivity index (χ1v) is 10.1. The maximum absolute atomic E-state index is 13.2. The van der Waals surface area contributed by atoms with Crippen LogP contribution in [-0.4, -0.2) is 54.0 Å². The highest BCUT2D eigenvalue weighted by molar-refractivity contribution is 6.06. The number of carbonyl (C=O) groups excluding carboxylic acids is 1. The minimum absolute atomic E-state index is 0.0759. The Labute approximate surface area is 171 Å². The molecule has 150 valence electrons. The molecule has 1 aliphatic heterocycles. The predicted octanol–water partition coefficient (Wildman–Crippen LogP) is 3.80. The van der Waals surface area contributed by atoms with Gasteiger partial charge in [0.25, 0.3) is 5.91 Å². The topological polar surface area (TPSA) is 61.4 Å². The number of anilines is 2. The number of rotatable bonds is 4. The Morgan fingerprint density at radius 3 is 2.72 bits per heavy atom. The van der Waals surface area contributed by atoms with Gasteiger partial charge in [-0.15, -0.1) is 0 Å². The summed E-state index contributed by atoms with van der Waals surface area (Å²) in [6.45, 7) is 1.51. The highest BCUT2D eigenvalue weighted by Crippen LogP contribution is 2.22. The van der Waals surface area contributed by atoms with Crippen molar-refractivity contribution in [2.75, 3.05) is 37.4 Å². The van der Waals surface area contributed by atoms with Gasteiger partial charge < -0.3 is 15.1 Å². The van der Waals surface area contributed by atoms with Crippen LogP contribution >= 0.6 is 0 Å². The molecule has 1 aromatic carbocycles. The van der Waals surface area contributed by atoms with Gasteiger partial charge in [0.2, 0.25) is 0 Å². The van der Waals surface area contributed by atoms with E-state index < -0.39 is 0 Å². The van der Waals surface area contributed by atoms with Crippen molar-refractivity contribution in [3.63, 3.8) is 0 Å². The summed E-state index contributed by atoms with van der Waals surface area (Å²) in [6, 6.07) is 12.4. The monoisotopic (exact) mass is 389 g/mol. The molecule has 2 aromatic heterocycles. The normalized spacial score (nSPS) is 17.0. The Morgan fingerprint density at radius 2 is 1.93 bits per heavy atom. The van der Waals surface area contributed by atoms with Gasteiger partial charge in [-0.2, -0.15) is 0 Å². The van der Waals surface area contributed by atoms with Crippen molar-refractivity contribution in [3.05, 3.63) is 60.6 Å². The molecule has 0 aliphatic carbocycles. The maximum Gasteiger partial charge on any atom is 0.256 e. The second kappa shape index (κ2) is 8.47. The lowest BCUT2D eigenvalue weighted by Crippen LogP contribution is -2.33. The number of nitrogens with zero attached hydrogens (tertiary/aromatic N) is 4. The van der Waals surface area contributed by atoms with E-state index >= 15 is 0 Å². The molecule has 1 saturated heterocycles. The quantitative estimate of drug-likeness (QED) is 0.735. The molecule has 1 fully saturated rings. The molecule has 0 radical (unpaired) electrons. The lowest BCUT2D eigenvalue weighted by atomic mass is 10.1. The molecular formula is C23H27N5O. The number of carbonyl (C=O) groups is 1. The Morgan fingerprint density at radius 1 is 1.07 bits per heavy atom. The van der Waals surface area contributed by atoms with Crippen LogP contribution in [0.3, 0.4) is 0 Å².